The van der Waals surface area contributed by atoms with Crippen LogP contribution in [-0.4, -0.2) is 49.9 Å². The molecule has 0 bridgehead atoms. The molecule has 190 valence electrons. The Morgan fingerprint density at radius 3 is 2.50 bits per heavy atom. The standard InChI is InChI=1S/C22H25N7O5S2/c1-14-6-7-16(12-20(14)36(32,33)27-34-35(5,30)31)24-22-23-11-10-21(25-22)28(3)17-8-9-18-15(2)29(4)26-19(18)13-17/h6-13,27H,1-5H3,(H,23,24,25). The van der Waals surface area contributed by atoms with Gasteiger partial charge in [-0.2, -0.15) is 22.8 Å². The summed E-state index contributed by atoms with van der Waals surface area (Å²) in [5, 5.41) is 8.59. The molecule has 0 unspecified atom stereocenters. The van der Waals surface area contributed by atoms with Gasteiger partial charge in [0.1, 0.15) is 5.82 Å². The number of nitrogens with zero attached hydrogens (tertiary/aromatic N) is 5. The Labute approximate surface area is 209 Å². The summed E-state index contributed by atoms with van der Waals surface area (Å²) in [5.41, 5.74) is 3.59. The lowest BCUT2D eigenvalue weighted by atomic mass is 10.2. The number of anilines is 4. The number of fused-ring (bicyclic) bond motifs is 1. The smallest absolute Gasteiger partial charge is 0.281 e. The van der Waals surface area contributed by atoms with Gasteiger partial charge in [0.2, 0.25) is 5.95 Å². The highest BCUT2D eigenvalue weighted by molar-refractivity contribution is 7.90. The molecule has 0 spiro atoms. The highest BCUT2D eigenvalue weighted by Crippen LogP contribution is 2.28. The van der Waals surface area contributed by atoms with Gasteiger partial charge in [-0.1, -0.05) is 11.0 Å². The molecule has 14 heteroatoms. The van der Waals surface area contributed by atoms with Crippen LogP contribution in [0.1, 0.15) is 11.3 Å². The fraction of sp³-hybridized carbons (Fsp3) is 0.227. The average molecular weight is 532 g/mol. The SMILES string of the molecule is Cc1ccc(Nc2nccc(N(C)c3ccc4c(C)n(C)nc4c3)n2)cc1S(=O)(=O)NOS(C)(=O)=O. The molecule has 12 nitrogen and oxygen atoms in total. The van der Waals surface area contributed by atoms with Gasteiger partial charge in [0.25, 0.3) is 20.1 Å². The highest BCUT2D eigenvalue weighted by Gasteiger charge is 2.20. The number of aromatic nitrogens is 4. The molecule has 2 heterocycles. The first-order valence-corrected chi connectivity index (χ1v) is 13.9. The minimum absolute atomic E-state index is 0.164. The second-order valence-corrected chi connectivity index (χ2v) is 11.4. The monoisotopic (exact) mass is 531 g/mol. The van der Waals surface area contributed by atoms with E-state index in [-0.39, 0.29) is 10.8 Å². The van der Waals surface area contributed by atoms with E-state index < -0.39 is 20.1 Å². The first kappa shape index (κ1) is 25.5. The third kappa shape index (κ3) is 5.46. The summed E-state index contributed by atoms with van der Waals surface area (Å²) < 4.78 is 53.6. The average Bonchev–Trinajstić information content (AvgIpc) is 3.11. The van der Waals surface area contributed by atoms with Crippen molar-refractivity contribution in [2.45, 2.75) is 18.7 Å². The lowest BCUT2D eigenvalue weighted by Gasteiger charge is -2.19. The first-order valence-electron chi connectivity index (χ1n) is 10.6. The lowest BCUT2D eigenvalue weighted by molar-refractivity contribution is 0.276. The van der Waals surface area contributed by atoms with Crippen molar-refractivity contribution in [1.82, 2.24) is 24.6 Å². The van der Waals surface area contributed by atoms with Crippen LogP contribution in [0.25, 0.3) is 10.9 Å². The number of hydrogen-bond acceptors (Lipinski definition) is 10. The minimum Gasteiger partial charge on any atom is -0.329 e. The molecule has 0 fully saturated rings. The zero-order chi connectivity index (χ0) is 26.3. The van der Waals surface area contributed by atoms with E-state index in [9.17, 15) is 16.8 Å². The number of rotatable bonds is 8. The predicted molar refractivity (Wildman–Crippen MR) is 136 cm³/mol. The minimum atomic E-state index is -4.26. The molecule has 0 saturated carbocycles. The van der Waals surface area contributed by atoms with Gasteiger partial charge in [-0.3, -0.25) is 4.68 Å². The normalized spacial score (nSPS) is 12.1. The summed E-state index contributed by atoms with van der Waals surface area (Å²) in [4.78, 5) is 12.1. The van der Waals surface area contributed by atoms with Gasteiger partial charge >= 0.3 is 0 Å². The van der Waals surface area contributed by atoms with Crippen LogP contribution in [-0.2, 0) is 31.5 Å². The second-order valence-electron chi connectivity index (χ2n) is 8.19. The van der Waals surface area contributed by atoms with Crippen molar-refractivity contribution in [2.24, 2.45) is 7.05 Å². The van der Waals surface area contributed by atoms with E-state index in [1.54, 1.807) is 36.2 Å². The number of nitrogens with one attached hydrogen (secondary N) is 2. The van der Waals surface area contributed by atoms with E-state index in [4.69, 9.17) is 0 Å². The zero-order valence-electron chi connectivity index (χ0n) is 20.2. The molecule has 0 aliphatic heterocycles. The van der Waals surface area contributed by atoms with Gasteiger partial charge < -0.3 is 10.2 Å². The molecule has 2 aromatic carbocycles. The van der Waals surface area contributed by atoms with Crippen LogP contribution in [0.2, 0.25) is 0 Å². The molecule has 0 atom stereocenters. The van der Waals surface area contributed by atoms with Gasteiger partial charge in [-0.25, -0.2) is 13.4 Å². The van der Waals surface area contributed by atoms with Crippen molar-refractivity contribution in [3.05, 3.63) is 59.9 Å². The molecule has 4 aromatic rings. The van der Waals surface area contributed by atoms with Crippen LogP contribution < -0.4 is 15.1 Å². The predicted octanol–water partition coefficient (Wildman–Crippen LogP) is 2.66. The molecule has 0 aliphatic carbocycles. The van der Waals surface area contributed by atoms with Gasteiger partial charge in [-0.15, -0.1) is 0 Å². The fourth-order valence-corrected chi connectivity index (χ4v) is 5.22. The molecular weight excluding hydrogens is 506 g/mol. The lowest BCUT2D eigenvalue weighted by Crippen LogP contribution is -2.27. The molecule has 0 amide bonds. The molecular formula is C22H25N7O5S2. The summed E-state index contributed by atoms with van der Waals surface area (Å²) in [6, 6.07) is 12.3. The van der Waals surface area contributed by atoms with Crippen molar-refractivity contribution in [2.75, 3.05) is 23.5 Å². The fourth-order valence-electron chi connectivity index (χ4n) is 3.50. The van der Waals surface area contributed by atoms with Crippen LogP contribution in [0.4, 0.5) is 23.1 Å². The van der Waals surface area contributed by atoms with E-state index in [2.05, 4.69) is 24.7 Å². The maximum absolute atomic E-state index is 12.5. The van der Waals surface area contributed by atoms with Gasteiger partial charge in [0, 0.05) is 42.7 Å². The third-order valence-corrected chi connectivity index (χ3v) is 7.33. The topological polar surface area (TPSA) is 148 Å². The molecule has 36 heavy (non-hydrogen) atoms. The van der Waals surface area contributed by atoms with Crippen molar-refractivity contribution < 1.29 is 21.1 Å². The molecule has 0 saturated heterocycles. The highest BCUT2D eigenvalue weighted by atomic mass is 32.2. The summed E-state index contributed by atoms with van der Waals surface area (Å²) in [6.07, 6.45) is 2.31. The Morgan fingerprint density at radius 1 is 1.03 bits per heavy atom. The Balaban J connectivity index is 1.58. The summed E-state index contributed by atoms with van der Waals surface area (Å²) in [7, 11) is -4.52. The van der Waals surface area contributed by atoms with Gasteiger partial charge in [-0.05, 0) is 55.8 Å². The van der Waals surface area contributed by atoms with E-state index in [0.717, 1.165) is 28.5 Å². The quantitative estimate of drug-likeness (QED) is 0.325. The second kappa shape index (κ2) is 9.46. The van der Waals surface area contributed by atoms with Crippen LogP contribution in [0.15, 0.2) is 53.6 Å². The molecule has 2 aromatic heterocycles. The van der Waals surface area contributed by atoms with Crippen molar-refractivity contribution in [3.8, 4) is 0 Å². The summed E-state index contributed by atoms with van der Waals surface area (Å²) >= 11 is 0. The molecule has 0 radical (unpaired) electrons. The summed E-state index contributed by atoms with van der Waals surface area (Å²) in [6.45, 7) is 3.59. The van der Waals surface area contributed by atoms with Gasteiger partial charge in [0.05, 0.1) is 16.7 Å². The van der Waals surface area contributed by atoms with Gasteiger partial charge in [0.15, 0.2) is 0 Å². The molecule has 2 N–H and O–H groups in total. The van der Waals surface area contributed by atoms with Crippen LogP contribution in [0, 0.1) is 13.8 Å². The Bertz CT molecular complexity index is 1670. The van der Waals surface area contributed by atoms with E-state index in [1.807, 2.05) is 48.8 Å². The Kier molecular flexibility index (Phi) is 6.70. The first-order chi connectivity index (χ1) is 16.8. The largest absolute Gasteiger partial charge is 0.329 e. The maximum atomic E-state index is 12.5. The third-order valence-electron chi connectivity index (χ3n) is 5.51. The molecule has 4 rings (SSSR count). The van der Waals surface area contributed by atoms with Crippen molar-refractivity contribution in [1.29, 1.82) is 0 Å². The number of hydrogen-bond donors (Lipinski definition) is 2. The molecule has 0 aliphatic rings. The van der Waals surface area contributed by atoms with Crippen molar-refractivity contribution in [3.63, 3.8) is 0 Å². The van der Waals surface area contributed by atoms with Crippen LogP contribution in [0.5, 0.6) is 0 Å². The zero-order valence-corrected chi connectivity index (χ0v) is 21.8. The van der Waals surface area contributed by atoms with E-state index in [0.29, 0.717) is 17.1 Å². The number of benzene rings is 2. The number of aryl methyl sites for hydroxylation is 3. The Morgan fingerprint density at radius 2 is 1.78 bits per heavy atom. The Hall–Kier alpha value is -3.59. The maximum Gasteiger partial charge on any atom is 0.281 e. The van der Waals surface area contributed by atoms with Crippen LogP contribution >= 0.6 is 0 Å². The number of sulfonamides is 1. The van der Waals surface area contributed by atoms with Crippen molar-refractivity contribution >= 4 is 54.2 Å². The summed E-state index contributed by atoms with van der Waals surface area (Å²) in [5.74, 6) is 0.837. The van der Waals surface area contributed by atoms with Crippen LogP contribution in [0.3, 0.4) is 0 Å². The van der Waals surface area contributed by atoms with E-state index >= 15 is 0 Å². The van der Waals surface area contributed by atoms with E-state index in [1.165, 1.54) is 6.07 Å².